The molecule has 116 valence electrons. The summed E-state index contributed by atoms with van der Waals surface area (Å²) < 4.78 is 28.2. The average molecular weight is 312 g/mol. The van der Waals surface area contributed by atoms with E-state index in [2.05, 4.69) is 6.58 Å². The average Bonchev–Trinajstić information content (AvgIpc) is 3.13. The Labute approximate surface area is 124 Å². The summed E-state index contributed by atoms with van der Waals surface area (Å²) in [4.78, 5) is 11.3. The molecule has 1 aromatic rings. The van der Waals surface area contributed by atoms with Gasteiger partial charge in [-0.1, -0.05) is 6.08 Å². The zero-order valence-corrected chi connectivity index (χ0v) is 13.0. The minimum absolute atomic E-state index is 0.0263. The Morgan fingerprint density at radius 2 is 2.19 bits per heavy atom. The van der Waals surface area contributed by atoms with Gasteiger partial charge in [0.2, 0.25) is 10.0 Å². The van der Waals surface area contributed by atoms with Crippen LogP contribution in [0.5, 0.6) is 0 Å². The second-order valence-corrected chi connectivity index (χ2v) is 7.35. The van der Waals surface area contributed by atoms with Crippen LogP contribution in [0.4, 0.5) is 0 Å². The van der Waals surface area contributed by atoms with E-state index in [1.807, 2.05) is 0 Å². The molecule has 0 radical (unpaired) electrons. The van der Waals surface area contributed by atoms with Gasteiger partial charge in [-0.05, 0) is 32.8 Å². The minimum Gasteiger partial charge on any atom is -0.477 e. The summed E-state index contributed by atoms with van der Waals surface area (Å²) in [6.07, 6.45) is 4.73. The molecule has 2 rings (SSSR count). The number of sulfonamides is 1. The predicted molar refractivity (Wildman–Crippen MR) is 78.9 cm³/mol. The molecule has 0 atom stereocenters. The van der Waals surface area contributed by atoms with Gasteiger partial charge in [0.15, 0.2) is 0 Å². The zero-order valence-electron chi connectivity index (χ0n) is 12.2. The van der Waals surface area contributed by atoms with Crippen LogP contribution >= 0.6 is 0 Å². The van der Waals surface area contributed by atoms with E-state index < -0.39 is 16.0 Å². The number of carboxylic acids is 1. The third-order valence-electron chi connectivity index (χ3n) is 3.47. The first-order chi connectivity index (χ1) is 9.78. The fraction of sp³-hybridized carbons (Fsp3) is 0.500. The molecule has 6 nitrogen and oxygen atoms in total. The highest BCUT2D eigenvalue weighted by Crippen LogP contribution is 2.37. The fourth-order valence-corrected chi connectivity index (χ4v) is 3.91. The number of carboxylic acid groups (broad SMARTS) is 1. The van der Waals surface area contributed by atoms with Gasteiger partial charge >= 0.3 is 5.97 Å². The Balaban J connectivity index is 2.46. The molecule has 0 amide bonds. The Morgan fingerprint density at radius 3 is 2.62 bits per heavy atom. The van der Waals surface area contributed by atoms with Gasteiger partial charge in [0.05, 0.1) is 0 Å². The zero-order chi connectivity index (χ0) is 15.8. The molecule has 0 saturated heterocycles. The molecule has 0 aromatic carbocycles. The highest BCUT2D eigenvalue weighted by molar-refractivity contribution is 7.89. The summed E-state index contributed by atoms with van der Waals surface area (Å²) in [5.74, 6) is -1.11. The third-order valence-corrected chi connectivity index (χ3v) is 5.48. The highest BCUT2D eigenvalue weighted by Gasteiger charge is 2.33. The summed E-state index contributed by atoms with van der Waals surface area (Å²) >= 11 is 0. The van der Waals surface area contributed by atoms with Gasteiger partial charge in [0.1, 0.15) is 10.6 Å². The number of hydrogen-bond acceptors (Lipinski definition) is 3. The number of nitrogens with zero attached hydrogens (tertiary/aromatic N) is 2. The number of carbonyl (C=O) groups is 1. The summed E-state index contributed by atoms with van der Waals surface area (Å²) in [6.45, 7) is 7.32. The first kappa shape index (κ1) is 15.8. The fourth-order valence-electron chi connectivity index (χ4n) is 2.27. The summed E-state index contributed by atoms with van der Waals surface area (Å²) in [6, 6.07) is 1.12. The molecule has 0 spiro atoms. The number of rotatable bonds is 7. The van der Waals surface area contributed by atoms with Gasteiger partial charge in [-0.3, -0.25) is 0 Å². The number of hydrogen-bond donors (Lipinski definition) is 1. The molecule has 0 aliphatic heterocycles. The summed E-state index contributed by atoms with van der Waals surface area (Å²) in [5, 5.41) is 9.23. The highest BCUT2D eigenvalue weighted by atomic mass is 32.2. The maximum atomic E-state index is 12.7. The molecule has 7 heteroatoms. The van der Waals surface area contributed by atoms with Crippen molar-refractivity contribution in [1.29, 1.82) is 0 Å². The van der Waals surface area contributed by atoms with Crippen LogP contribution in [0.2, 0.25) is 0 Å². The summed E-state index contributed by atoms with van der Waals surface area (Å²) in [7, 11) is -3.73. The van der Waals surface area contributed by atoms with Gasteiger partial charge < -0.3 is 9.67 Å². The van der Waals surface area contributed by atoms with Crippen molar-refractivity contribution < 1.29 is 18.3 Å². The van der Waals surface area contributed by atoms with Crippen molar-refractivity contribution >= 4 is 16.0 Å². The van der Waals surface area contributed by atoms with Gasteiger partial charge in [-0.2, -0.15) is 4.31 Å². The molecular weight excluding hydrogens is 292 g/mol. The second-order valence-electron chi connectivity index (χ2n) is 5.46. The van der Waals surface area contributed by atoms with E-state index in [1.54, 1.807) is 18.4 Å². The van der Waals surface area contributed by atoms with Crippen molar-refractivity contribution in [2.75, 3.05) is 6.54 Å². The van der Waals surface area contributed by atoms with Crippen molar-refractivity contribution in [3.8, 4) is 0 Å². The third kappa shape index (κ3) is 3.03. The van der Waals surface area contributed by atoms with Crippen LogP contribution in [0.25, 0.3) is 0 Å². The molecule has 1 fully saturated rings. The van der Waals surface area contributed by atoms with Crippen LogP contribution in [0, 0.1) is 0 Å². The number of aromatic nitrogens is 1. The van der Waals surface area contributed by atoms with Crippen molar-refractivity contribution in [2.45, 2.75) is 43.7 Å². The van der Waals surface area contributed by atoms with Gasteiger partial charge in [-0.15, -0.1) is 6.58 Å². The Hall–Kier alpha value is -1.60. The van der Waals surface area contributed by atoms with E-state index in [0.29, 0.717) is 0 Å². The first-order valence-electron chi connectivity index (χ1n) is 6.87. The SMILES string of the molecule is C=CCN(C(C)C)S(=O)(=O)c1cc(C(=O)O)n(C2CC2)c1. The molecule has 1 aromatic heterocycles. The monoisotopic (exact) mass is 312 g/mol. The smallest absolute Gasteiger partial charge is 0.352 e. The molecule has 1 N–H and O–H groups in total. The van der Waals surface area contributed by atoms with E-state index in [-0.39, 0.29) is 29.2 Å². The van der Waals surface area contributed by atoms with Crippen LogP contribution in [0.15, 0.2) is 29.8 Å². The van der Waals surface area contributed by atoms with Crippen molar-refractivity contribution in [2.24, 2.45) is 0 Å². The Bertz CT molecular complexity index is 657. The molecular formula is C14H20N2O4S. The van der Waals surface area contributed by atoms with E-state index in [9.17, 15) is 18.3 Å². The lowest BCUT2D eigenvalue weighted by Crippen LogP contribution is -2.36. The lowest BCUT2D eigenvalue weighted by Gasteiger charge is -2.23. The lowest BCUT2D eigenvalue weighted by molar-refractivity contribution is 0.0685. The van der Waals surface area contributed by atoms with Crippen molar-refractivity contribution in [3.05, 3.63) is 30.6 Å². The molecule has 1 saturated carbocycles. The minimum atomic E-state index is -3.73. The van der Waals surface area contributed by atoms with Crippen LogP contribution in [-0.4, -0.2) is 41.0 Å². The van der Waals surface area contributed by atoms with E-state index in [1.165, 1.54) is 22.6 Å². The maximum Gasteiger partial charge on any atom is 0.352 e. The first-order valence-corrected chi connectivity index (χ1v) is 8.31. The molecule has 1 aliphatic rings. The largest absolute Gasteiger partial charge is 0.477 e. The normalized spacial score (nSPS) is 15.6. The topological polar surface area (TPSA) is 79.6 Å². The van der Waals surface area contributed by atoms with Crippen LogP contribution in [-0.2, 0) is 10.0 Å². The van der Waals surface area contributed by atoms with Crippen LogP contribution < -0.4 is 0 Å². The quantitative estimate of drug-likeness (QED) is 0.782. The van der Waals surface area contributed by atoms with E-state index >= 15 is 0 Å². The number of aromatic carboxylic acids is 1. The molecule has 1 aliphatic carbocycles. The van der Waals surface area contributed by atoms with Crippen LogP contribution in [0.3, 0.4) is 0 Å². The van der Waals surface area contributed by atoms with Gasteiger partial charge in [0.25, 0.3) is 0 Å². The summed E-state index contributed by atoms with van der Waals surface area (Å²) in [5.41, 5.74) is 0.0263. The molecule has 1 heterocycles. The van der Waals surface area contributed by atoms with Crippen molar-refractivity contribution in [3.63, 3.8) is 0 Å². The van der Waals surface area contributed by atoms with Gasteiger partial charge in [-0.25, -0.2) is 13.2 Å². The van der Waals surface area contributed by atoms with Crippen LogP contribution in [0.1, 0.15) is 43.2 Å². The van der Waals surface area contributed by atoms with Gasteiger partial charge in [0, 0.05) is 24.8 Å². The molecule has 0 bridgehead atoms. The standard InChI is InChI=1S/C14H20N2O4S/c1-4-7-16(10(2)3)21(19,20)12-8-13(14(17)18)15(9-12)11-5-6-11/h4,8-11H,1,5-7H2,2-3H3,(H,17,18). The maximum absolute atomic E-state index is 12.7. The predicted octanol–water partition coefficient (Wildman–Crippen LogP) is 2.11. The Morgan fingerprint density at radius 1 is 1.57 bits per heavy atom. The van der Waals surface area contributed by atoms with Crippen molar-refractivity contribution in [1.82, 2.24) is 8.87 Å². The lowest BCUT2D eigenvalue weighted by atomic mass is 10.4. The second kappa shape index (κ2) is 5.65. The van der Waals surface area contributed by atoms with E-state index in [4.69, 9.17) is 0 Å². The Kier molecular flexibility index (Phi) is 4.25. The van der Waals surface area contributed by atoms with E-state index in [0.717, 1.165) is 12.8 Å². The molecule has 21 heavy (non-hydrogen) atoms. The molecule has 0 unspecified atom stereocenters.